The van der Waals surface area contributed by atoms with Crippen molar-refractivity contribution in [3.63, 3.8) is 0 Å². The summed E-state index contributed by atoms with van der Waals surface area (Å²) in [5.41, 5.74) is 1.73. The molecule has 0 aliphatic carbocycles. The molecule has 0 saturated heterocycles. The molecular weight excluding hydrogens is 228 g/mol. The highest BCUT2D eigenvalue weighted by Crippen LogP contribution is 2.04. The van der Waals surface area contributed by atoms with Gasteiger partial charge in [-0.25, -0.2) is 0 Å². The average Bonchev–Trinajstić information content (AvgIpc) is 2.62. The molecule has 0 spiro atoms. The maximum atomic E-state index is 11.8. The molecule has 0 aliphatic heterocycles. The van der Waals surface area contributed by atoms with E-state index < -0.39 is 10.2 Å². The summed E-state index contributed by atoms with van der Waals surface area (Å²) in [5, 5.41) is 6.60. The second kappa shape index (κ2) is 5.42. The molecule has 0 atom stereocenters. The van der Waals surface area contributed by atoms with Gasteiger partial charge in [-0.15, -0.1) is 0 Å². The minimum atomic E-state index is -3.37. The molecule has 0 aromatic carbocycles. The van der Waals surface area contributed by atoms with E-state index in [1.54, 1.807) is 6.20 Å². The third-order valence-electron chi connectivity index (χ3n) is 2.42. The lowest BCUT2D eigenvalue weighted by Crippen LogP contribution is -2.40. The Kier molecular flexibility index (Phi) is 4.45. The minimum Gasteiger partial charge on any atom is -0.283 e. The highest BCUT2D eigenvalue weighted by Gasteiger charge is 2.18. The van der Waals surface area contributed by atoms with Crippen molar-refractivity contribution >= 4 is 10.2 Å². The summed E-state index contributed by atoms with van der Waals surface area (Å²) in [6.45, 7) is 6.68. The third kappa shape index (κ3) is 3.03. The fourth-order valence-electron chi connectivity index (χ4n) is 1.38. The van der Waals surface area contributed by atoms with Crippen LogP contribution >= 0.6 is 0 Å². The standard InChI is InChI=1S/C9H18N4O2S/c1-4-13(5-2)16(14,15)11-7-9-6-10-12-8(9)3/h6,11H,4-5,7H2,1-3H3,(H,10,12). The largest absolute Gasteiger partial charge is 0.283 e. The molecule has 0 saturated carbocycles. The molecular formula is C9H18N4O2S. The van der Waals surface area contributed by atoms with Crippen molar-refractivity contribution in [1.82, 2.24) is 19.2 Å². The Morgan fingerprint density at radius 3 is 2.50 bits per heavy atom. The Hall–Kier alpha value is -0.920. The van der Waals surface area contributed by atoms with E-state index in [1.165, 1.54) is 4.31 Å². The van der Waals surface area contributed by atoms with Crippen LogP contribution in [0.15, 0.2) is 6.20 Å². The molecule has 92 valence electrons. The van der Waals surface area contributed by atoms with Gasteiger partial charge >= 0.3 is 0 Å². The number of hydrogen-bond donors (Lipinski definition) is 2. The first-order chi connectivity index (χ1) is 7.51. The molecule has 1 aromatic heterocycles. The normalized spacial score (nSPS) is 12.2. The predicted molar refractivity (Wildman–Crippen MR) is 62.0 cm³/mol. The van der Waals surface area contributed by atoms with E-state index >= 15 is 0 Å². The summed E-state index contributed by atoms with van der Waals surface area (Å²) in [6, 6.07) is 0. The average molecular weight is 246 g/mol. The first-order valence-electron chi connectivity index (χ1n) is 5.24. The molecule has 0 bridgehead atoms. The molecule has 1 aromatic rings. The maximum Gasteiger partial charge on any atom is 0.279 e. The molecule has 1 rings (SSSR count). The van der Waals surface area contributed by atoms with E-state index in [9.17, 15) is 8.42 Å². The van der Waals surface area contributed by atoms with Crippen LogP contribution in [0.1, 0.15) is 25.1 Å². The highest BCUT2D eigenvalue weighted by atomic mass is 32.2. The second-order valence-electron chi connectivity index (χ2n) is 3.43. The third-order valence-corrected chi connectivity index (χ3v) is 4.13. The number of nitrogens with one attached hydrogen (secondary N) is 2. The summed E-state index contributed by atoms with van der Waals surface area (Å²) in [7, 11) is -3.37. The lowest BCUT2D eigenvalue weighted by molar-refractivity contribution is 0.434. The van der Waals surface area contributed by atoms with E-state index in [4.69, 9.17) is 0 Å². The lowest BCUT2D eigenvalue weighted by Gasteiger charge is -2.18. The molecule has 0 unspecified atom stereocenters. The van der Waals surface area contributed by atoms with Gasteiger partial charge in [-0.1, -0.05) is 13.8 Å². The Morgan fingerprint density at radius 2 is 2.06 bits per heavy atom. The number of H-pyrrole nitrogens is 1. The molecule has 0 amide bonds. The number of aromatic nitrogens is 2. The topological polar surface area (TPSA) is 78.1 Å². The van der Waals surface area contributed by atoms with Gasteiger partial charge in [0.2, 0.25) is 0 Å². The van der Waals surface area contributed by atoms with Gasteiger partial charge in [0.25, 0.3) is 10.2 Å². The molecule has 7 heteroatoms. The number of aromatic amines is 1. The van der Waals surface area contributed by atoms with Crippen LogP contribution in [0.25, 0.3) is 0 Å². The van der Waals surface area contributed by atoms with Crippen LogP contribution < -0.4 is 4.72 Å². The minimum absolute atomic E-state index is 0.265. The fraction of sp³-hybridized carbons (Fsp3) is 0.667. The number of aryl methyl sites for hydroxylation is 1. The molecule has 0 fully saturated rings. The maximum absolute atomic E-state index is 11.8. The summed E-state index contributed by atoms with van der Waals surface area (Å²) >= 11 is 0. The number of nitrogens with zero attached hydrogens (tertiary/aromatic N) is 2. The summed E-state index contributed by atoms with van der Waals surface area (Å²) in [6.07, 6.45) is 1.63. The van der Waals surface area contributed by atoms with Gasteiger partial charge in [-0.2, -0.15) is 22.5 Å². The van der Waals surface area contributed by atoms with Crippen molar-refractivity contribution in [2.75, 3.05) is 13.1 Å². The molecule has 1 heterocycles. The zero-order chi connectivity index (χ0) is 12.2. The molecule has 16 heavy (non-hydrogen) atoms. The van der Waals surface area contributed by atoms with Crippen LogP contribution in [-0.4, -0.2) is 36.0 Å². The smallest absolute Gasteiger partial charge is 0.279 e. The second-order valence-corrected chi connectivity index (χ2v) is 5.19. The Morgan fingerprint density at radius 1 is 1.44 bits per heavy atom. The van der Waals surface area contributed by atoms with Gasteiger partial charge in [0.1, 0.15) is 0 Å². The number of rotatable bonds is 6. The zero-order valence-corrected chi connectivity index (χ0v) is 10.6. The van der Waals surface area contributed by atoms with Crippen molar-refractivity contribution in [2.45, 2.75) is 27.3 Å². The van der Waals surface area contributed by atoms with E-state index in [2.05, 4.69) is 14.9 Å². The van der Waals surface area contributed by atoms with Crippen LogP contribution in [0.4, 0.5) is 0 Å². The van der Waals surface area contributed by atoms with E-state index in [0.717, 1.165) is 11.3 Å². The van der Waals surface area contributed by atoms with Crippen LogP contribution in [0.5, 0.6) is 0 Å². The van der Waals surface area contributed by atoms with Crippen LogP contribution in [0, 0.1) is 6.92 Å². The predicted octanol–water partition coefficient (Wildman–Crippen LogP) is 0.394. The van der Waals surface area contributed by atoms with Gasteiger partial charge < -0.3 is 0 Å². The van der Waals surface area contributed by atoms with E-state index in [1.807, 2.05) is 20.8 Å². The Balaban J connectivity index is 2.64. The molecule has 0 aliphatic rings. The van der Waals surface area contributed by atoms with Gasteiger partial charge in [0, 0.05) is 30.9 Å². The number of hydrogen-bond acceptors (Lipinski definition) is 3. The van der Waals surface area contributed by atoms with Crippen molar-refractivity contribution in [1.29, 1.82) is 0 Å². The van der Waals surface area contributed by atoms with Crippen molar-refractivity contribution in [3.8, 4) is 0 Å². The SMILES string of the molecule is CCN(CC)S(=O)(=O)NCc1cn[nH]c1C. The van der Waals surface area contributed by atoms with Gasteiger partial charge in [0.05, 0.1) is 6.20 Å². The first kappa shape index (κ1) is 13.1. The first-order valence-corrected chi connectivity index (χ1v) is 6.68. The van der Waals surface area contributed by atoms with Crippen LogP contribution in [-0.2, 0) is 16.8 Å². The van der Waals surface area contributed by atoms with Crippen molar-refractivity contribution < 1.29 is 8.42 Å². The van der Waals surface area contributed by atoms with Crippen molar-refractivity contribution in [2.24, 2.45) is 0 Å². The monoisotopic (exact) mass is 246 g/mol. The van der Waals surface area contributed by atoms with Crippen molar-refractivity contribution in [3.05, 3.63) is 17.5 Å². The van der Waals surface area contributed by atoms with E-state index in [-0.39, 0.29) is 6.54 Å². The lowest BCUT2D eigenvalue weighted by atomic mass is 10.3. The van der Waals surface area contributed by atoms with Gasteiger partial charge in [-0.3, -0.25) is 5.10 Å². The van der Waals surface area contributed by atoms with Gasteiger partial charge in [0.15, 0.2) is 0 Å². The van der Waals surface area contributed by atoms with Crippen LogP contribution in [0.2, 0.25) is 0 Å². The Labute approximate surface area is 96.2 Å². The quantitative estimate of drug-likeness (QED) is 0.762. The van der Waals surface area contributed by atoms with E-state index in [0.29, 0.717) is 13.1 Å². The molecule has 0 radical (unpaired) electrons. The summed E-state index contributed by atoms with van der Waals surface area (Å²) < 4.78 is 27.5. The fourth-order valence-corrected chi connectivity index (χ4v) is 2.58. The van der Waals surface area contributed by atoms with Gasteiger partial charge in [-0.05, 0) is 6.92 Å². The highest BCUT2D eigenvalue weighted by molar-refractivity contribution is 7.87. The summed E-state index contributed by atoms with van der Waals surface area (Å²) in [5.74, 6) is 0. The molecule has 2 N–H and O–H groups in total. The van der Waals surface area contributed by atoms with Crippen LogP contribution in [0.3, 0.4) is 0 Å². The molecule has 6 nitrogen and oxygen atoms in total. The zero-order valence-electron chi connectivity index (χ0n) is 9.82. The summed E-state index contributed by atoms with van der Waals surface area (Å²) in [4.78, 5) is 0. The Bertz CT molecular complexity index is 422.